The van der Waals surface area contributed by atoms with Gasteiger partial charge in [-0.3, -0.25) is 0 Å². The molecule has 0 radical (unpaired) electrons. The first kappa shape index (κ1) is 10.8. The standard InChI is InChI=1S/C9H9ClN4O2/c1-15-8-3-2-6(12-13-8)9-11-7(4-5-10)16-14-9/h2-3H,4-5H2,1H3. The van der Waals surface area contributed by atoms with Crippen LogP contribution in [0.1, 0.15) is 5.89 Å². The maximum Gasteiger partial charge on any atom is 0.233 e. The van der Waals surface area contributed by atoms with Gasteiger partial charge in [0.2, 0.25) is 17.6 Å². The van der Waals surface area contributed by atoms with Crippen molar-refractivity contribution in [2.45, 2.75) is 6.42 Å². The quantitative estimate of drug-likeness (QED) is 0.751. The number of hydrogen-bond acceptors (Lipinski definition) is 6. The minimum atomic E-state index is 0.398. The largest absolute Gasteiger partial charge is 0.480 e. The van der Waals surface area contributed by atoms with E-state index in [9.17, 15) is 0 Å². The number of alkyl halides is 1. The van der Waals surface area contributed by atoms with E-state index < -0.39 is 0 Å². The fraction of sp³-hybridized carbons (Fsp3) is 0.333. The molecule has 2 heterocycles. The highest BCUT2D eigenvalue weighted by molar-refractivity contribution is 6.17. The molecule has 0 spiro atoms. The monoisotopic (exact) mass is 240 g/mol. The molecule has 0 aliphatic rings. The number of nitrogens with zero attached hydrogens (tertiary/aromatic N) is 4. The summed E-state index contributed by atoms with van der Waals surface area (Å²) in [6, 6.07) is 3.39. The molecule has 0 N–H and O–H groups in total. The van der Waals surface area contributed by atoms with Crippen LogP contribution in [0.2, 0.25) is 0 Å². The Balaban J connectivity index is 2.21. The number of aryl methyl sites for hydroxylation is 1. The first-order valence-corrected chi connectivity index (χ1v) is 5.13. The van der Waals surface area contributed by atoms with Gasteiger partial charge in [-0.25, -0.2) is 0 Å². The number of ether oxygens (including phenoxy) is 1. The van der Waals surface area contributed by atoms with Crippen LogP contribution >= 0.6 is 11.6 Å². The average Bonchev–Trinajstić information content (AvgIpc) is 2.78. The van der Waals surface area contributed by atoms with Gasteiger partial charge >= 0.3 is 0 Å². The van der Waals surface area contributed by atoms with Crippen molar-refractivity contribution in [2.75, 3.05) is 13.0 Å². The van der Waals surface area contributed by atoms with E-state index >= 15 is 0 Å². The minimum Gasteiger partial charge on any atom is -0.480 e. The molecule has 0 atom stereocenters. The van der Waals surface area contributed by atoms with Crippen molar-refractivity contribution in [3.05, 3.63) is 18.0 Å². The predicted octanol–water partition coefficient (Wildman–Crippen LogP) is 1.32. The molecule has 16 heavy (non-hydrogen) atoms. The van der Waals surface area contributed by atoms with E-state index in [2.05, 4.69) is 20.3 Å². The summed E-state index contributed by atoms with van der Waals surface area (Å²) in [5.74, 6) is 1.77. The molecular weight excluding hydrogens is 232 g/mol. The Morgan fingerprint density at radius 1 is 1.38 bits per heavy atom. The van der Waals surface area contributed by atoms with Crippen LogP contribution in [-0.2, 0) is 6.42 Å². The molecular formula is C9H9ClN4O2. The lowest BCUT2D eigenvalue weighted by Crippen LogP contribution is -1.93. The normalized spacial score (nSPS) is 10.4. The van der Waals surface area contributed by atoms with Crippen molar-refractivity contribution in [3.63, 3.8) is 0 Å². The van der Waals surface area contributed by atoms with Crippen LogP contribution in [-0.4, -0.2) is 33.3 Å². The Labute approximate surface area is 96.6 Å². The van der Waals surface area contributed by atoms with Crippen LogP contribution in [0.25, 0.3) is 11.5 Å². The molecule has 0 bridgehead atoms. The fourth-order valence-corrected chi connectivity index (χ4v) is 1.25. The molecule has 0 aliphatic carbocycles. The lowest BCUT2D eigenvalue weighted by Gasteiger charge is -1.96. The van der Waals surface area contributed by atoms with Crippen LogP contribution in [0, 0.1) is 0 Å². The Bertz CT molecular complexity index is 457. The summed E-state index contributed by atoms with van der Waals surface area (Å²) in [5.41, 5.74) is 0.533. The highest BCUT2D eigenvalue weighted by Gasteiger charge is 2.09. The summed E-state index contributed by atoms with van der Waals surface area (Å²) in [6.45, 7) is 0. The number of methoxy groups -OCH3 is 1. The van der Waals surface area contributed by atoms with Gasteiger partial charge in [-0.2, -0.15) is 4.98 Å². The Hall–Kier alpha value is -1.69. The summed E-state index contributed by atoms with van der Waals surface area (Å²) >= 11 is 5.56. The minimum absolute atomic E-state index is 0.398. The van der Waals surface area contributed by atoms with E-state index in [1.807, 2.05) is 0 Å². The summed E-state index contributed by atoms with van der Waals surface area (Å²) in [6.07, 6.45) is 0.540. The molecule has 2 aromatic heterocycles. The molecule has 6 nitrogen and oxygen atoms in total. The van der Waals surface area contributed by atoms with Crippen LogP contribution < -0.4 is 4.74 Å². The molecule has 0 fully saturated rings. The van der Waals surface area contributed by atoms with Gasteiger partial charge in [0.15, 0.2) is 0 Å². The Morgan fingerprint density at radius 3 is 2.88 bits per heavy atom. The van der Waals surface area contributed by atoms with Gasteiger partial charge in [-0.05, 0) is 6.07 Å². The Kier molecular flexibility index (Phi) is 3.31. The second kappa shape index (κ2) is 4.89. The third-order valence-corrected chi connectivity index (χ3v) is 2.04. The van der Waals surface area contributed by atoms with Crippen molar-refractivity contribution < 1.29 is 9.26 Å². The van der Waals surface area contributed by atoms with E-state index in [1.54, 1.807) is 12.1 Å². The van der Waals surface area contributed by atoms with Gasteiger partial charge in [0.1, 0.15) is 5.69 Å². The topological polar surface area (TPSA) is 73.9 Å². The predicted molar refractivity (Wildman–Crippen MR) is 56.3 cm³/mol. The molecule has 0 saturated heterocycles. The first-order chi connectivity index (χ1) is 7.83. The van der Waals surface area contributed by atoms with Gasteiger partial charge in [0.25, 0.3) is 0 Å². The lowest BCUT2D eigenvalue weighted by molar-refractivity contribution is 0.382. The summed E-state index contributed by atoms with van der Waals surface area (Å²) in [5, 5.41) is 11.5. The van der Waals surface area contributed by atoms with Gasteiger partial charge in [-0.1, -0.05) is 5.16 Å². The van der Waals surface area contributed by atoms with E-state index in [0.717, 1.165) is 0 Å². The lowest BCUT2D eigenvalue weighted by atomic mass is 10.4. The number of aromatic nitrogens is 4. The zero-order valence-electron chi connectivity index (χ0n) is 8.55. The van der Waals surface area contributed by atoms with E-state index in [-0.39, 0.29) is 0 Å². The number of hydrogen-bond donors (Lipinski definition) is 0. The second-order valence-electron chi connectivity index (χ2n) is 2.91. The molecule has 0 aliphatic heterocycles. The third-order valence-electron chi connectivity index (χ3n) is 1.85. The van der Waals surface area contributed by atoms with Crippen molar-refractivity contribution >= 4 is 11.6 Å². The van der Waals surface area contributed by atoms with E-state index in [1.165, 1.54) is 7.11 Å². The molecule has 84 valence electrons. The fourth-order valence-electron chi connectivity index (χ4n) is 1.09. The smallest absolute Gasteiger partial charge is 0.233 e. The van der Waals surface area contributed by atoms with Crippen molar-refractivity contribution in [3.8, 4) is 17.4 Å². The van der Waals surface area contributed by atoms with Gasteiger partial charge in [0.05, 0.1) is 7.11 Å². The van der Waals surface area contributed by atoms with E-state index in [4.69, 9.17) is 20.9 Å². The number of halogens is 1. The Morgan fingerprint density at radius 2 is 2.25 bits per heavy atom. The summed E-state index contributed by atoms with van der Waals surface area (Å²) < 4.78 is 9.86. The third kappa shape index (κ3) is 2.27. The zero-order valence-corrected chi connectivity index (χ0v) is 9.31. The molecule has 0 amide bonds. The van der Waals surface area contributed by atoms with Crippen molar-refractivity contribution in [1.82, 2.24) is 20.3 Å². The number of rotatable bonds is 4. The molecule has 2 rings (SSSR count). The highest BCUT2D eigenvalue weighted by atomic mass is 35.5. The molecule has 0 saturated carbocycles. The van der Waals surface area contributed by atoms with Crippen LogP contribution in [0.15, 0.2) is 16.7 Å². The van der Waals surface area contributed by atoms with Gasteiger partial charge in [0, 0.05) is 18.4 Å². The maximum absolute atomic E-state index is 5.56. The molecule has 0 unspecified atom stereocenters. The molecule has 7 heteroatoms. The average molecular weight is 241 g/mol. The summed E-state index contributed by atoms with van der Waals surface area (Å²) in [4.78, 5) is 4.12. The van der Waals surface area contributed by atoms with Gasteiger partial charge in [-0.15, -0.1) is 21.8 Å². The molecule has 0 aromatic carbocycles. The first-order valence-electron chi connectivity index (χ1n) is 4.60. The van der Waals surface area contributed by atoms with E-state index in [0.29, 0.717) is 35.6 Å². The van der Waals surface area contributed by atoms with Crippen molar-refractivity contribution in [1.29, 1.82) is 0 Å². The SMILES string of the molecule is COc1ccc(-c2noc(CCCl)n2)nn1. The highest BCUT2D eigenvalue weighted by Crippen LogP contribution is 2.14. The van der Waals surface area contributed by atoms with Crippen LogP contribution in [0.3, 0.4) is 0 Å². The van der Waals surface area contributed by atoms with Crippen LogP contribution in [0.5, 0.6) is 5.88 Å². The van der Waals surface area contributed by atoms with Gasteiger partial charge < -0.3 is 9.26 Å². The summed E-state index contributed by atoms with van der Waals surface area (Å²) in [7, 11) is 1.52. The van der Waals surface area contributed by atoms with Crippen molar-refractivity contribution in [2.24, 2.45) is 0 Å². The van der Waals surface area contributed by atoms with Crippen LogP contribution in [0.4, 0.5) is 0 Å². The molecule has 2 aromatic rings. The zero-order chi connectivity index (χ0) is 11.4. The second-order valence-corrected chi connectivity index (χ2v) is 3.29. The maximum atomic E-state index is 5.56.